The van der Waals surface area contributed by atoms with Crippen LogP contribution >= 0.6 is 0 Å². The summed E-state index contributed by atoms with van der Waals surface area (Å²) in [4.78, 5) is 11.6. The number of amides is 1. The van der Waals surface area contributed by atoms with Crippen LogP contribution < -0.4 is 5.32 Å². The van der Waals surface area contributed by atoms with Crippen LogP contribution in [0.25, 0.3) is 0 Å². The molecule has 2 unspecified atom stereocenters. The average molecular weight is 185 g/mol. The van der Waals surface area contributed by atoms with Gasteiger partial charge in [0, 0.05) is 13.2 Å². The molecule has 0 bridgehead atoms. The summed E-state index contributed by atoms with van der Waals surface area (Å²) in [5.41, 5.74) is 0. The highest BCUT2D eigenvalue weighted by Crippen LogP contribution is 2.26. The third-order valence-corrected chi connectivity index (χ3v) is 2.48. The molecule has 13 heavy (non-hydrogen) atoms. The zero-order valence-electron chi connectivity index (χ0n) is 8.67. The molecule has 0 aliphatic carbocycles. The molecule has 0 radical (unpaired) electrons. The minimum atomic E-state index is 0.0694. The van der Waals surface area contributed by atoms with E-state index in [4.69, 9.17) is 4.74 Å². The molecule has 3 heteroatoms. The molecule has 1 aliphatic heterocycles. The van der Waals surface area contributed by atoms with Crippen molar-refractivity contribution in [2.75, 3.05) is 13.2 Å². The second-order valence-corrected chi connectivity index (χ2v) is 3.87. The number of hydrogen-bond donors (Lipinski definition) is 1. The van der Waals surface area contributed by atoms with Gasteiger partial charge in [-0.05, 0) is 19.3 Å². The average Bonchev–Trinajstić information content (AvgIpc) is 2.52. The van der Waals surface area contributed by atoms with E-state index in [2.05, 4.69) is 19.2 Å². The Hall–Kier alpha value is -0.570. The quantitative estimate of drug-likeness (QED) is 0.717. The van der Waals surface area contributed by atoms with Gasteiger partial charge in [0.2, 0.25) is 5.91 Å². The number of rotatable bonds is 3. The SMILES string of the molecule is CCNC(=O)C1CCOC1C(C)C. The molecule has 0 spiro atoms. The number of carbonyl (C=O) groups is 1. The van der Waals surface area contributed by atoms with Gasteiger partial charge in [0.1, 0.15) is 0 Å². The Bertz CT molecular complexity index is 180. The van der Waals surface area contributed by atoms with Crippen molar-refractivity contribution in [2.24, 2.45) is 11.8 Å². The molecule has 3 nitrogen and oxygen atoms in total. The van der Waals surface area contributed by atoms with E-state index in [9.17, 15) is 4.79 Å². The lowest BCUT2D eigenvalue weighted by atomic mass is 9.92. The first kappa shape index (κ1) is 10.5. The van der Waals surface area contributed by atoms with E-state index in [1.807, 2.05) is 6.92 Å². The van der Waals surface area contributed by atoms with Crippen molar-refractivity contribution in [2.45, 2.75) is 33.3 Å². The highest BCUT2D eigenvalue weighted by molar-refractivity contribution is 5.79. The predicted molar refractivity (Wildman–Crippen MR) is 51.4 cm³/mol. The molecule has 76 valence electrons. The molecule has 1 rings (SSSR count). The van der Waals surface area contributed by atoms with Crippen LogP contribution in [0.5, 0.6) is 0 Å². The molecule has 0 aromatic carbocycles. The fraction of sp³-hybridized carbons (Fsp3) is 0.900. The molecule has 1 heterocycles. The summed E-state index contributed by atoms with van der Waals surface area (Å²) >= 11 is 0. The lowest BCUT2D eigenvalue weighted by Gasteiger charge is -2.20. The number of nitrogens with one attached hydrogen (secondary N) is 1. The van der Waals surface area contributed by atoms with Crippen LogP contribution in [0.2, 0.25) is 0 Å². The standard InChI is InChI=1S/C10H19NO2/c1-4-11-10(12)8-5-6-13-9(8)7(2)3/h7-9H,4-6H2,1-3H3,(H,11,12). The molecule has 2 atom stereocenters. The minimum absolute atomic E-state index is 0.0694. The first-order chi connectivity index (χ1) is 6.16. The van der Waals surface area contributed by atoms with Gasteiger partial charge in [0.15, 0.2) is 0 Å². The molecule has 1 N–H and O–H groups in total. The molecule has 1 saturated heterocycles. The van der Waals surface area contributed by atoms with E-state index in [-0.39, 0.29) is 17.9 Å². The summed E-state index contributed by atoms with van der Waals surface area (Å²) in [6, 6.07) is 0. The summed E-state index contributed by atoms with van der Waals surface area (Å²) in [7, 11) is 0. The van der Waals surface area contributed by atoms with Crippen LogP contribution in [0.15, 0.2) is 0 Å². The zero-order valence-corrected chi connectivity index (χ0v) is 8.67. The Kier molecular flexibility index (Phi) is 3.72. The highest BCUT2D eigenvalue weighted by Gasteiger charge is 2.35. The molecule has 0 aromatic rings. The fourth-order valence-corrected chi connectivity index (χ4v) is 1.85. The maximum atomic E-state index is 11.6. The lowest BCUT2D eigenvalue weighted by molar-refractivity contribution is -0.127. The van der Waals surface area contributed by atoms with E-state index in [1.54, 1.807) is 0 Å². The maximum Gasteiger partial charge on any atom is 0.225 e. The van der Waals surface area contributed by atoms with Gasteiger partial charge in [-0.15, -0.1) is 0 Å². The minimum Gasteiger partial charge on any atom is -0.377 e. The van der Waals surface area contributed by atoms with Crippen molar-refractivity contribution in [3.8, 4) is 0 Å². The maximum absolute atomic E-state index is 11.6. The van der Waals surface area contributed by atoms with E-state index in [1.165, 1.54) is 0 Å². The Labute approximate surface area is 79.8 Å². The Morgan fingerprint density at radius 2 is 2.31 bits per heavy atom. The second-order valence-electron chi connectivity index (χ2n) is 3.87. The van der Waals surface area contributed by atoms with E-state index < -0.39 is 0 Å². The summed E-state index contributed by atoms with van der Waals surface area (Å²) < 4.78 is 5.53. The second kappa shape index (κ2) is 4.61. The Morgan fingerprint density at radius 1 is 1.62 bits per heavy atom. The molecule has 1 amide bonds. The lowest BCUT2D eigenvalue weighted by Crippen LogP contribution is -2.37. The molecular formula is C10H19NO2. The van der Waals surface area contributed by atoms with Crippen LogP contribution in [-0.4, -0.2) is 25.2 Å². The van der Waals surface area contributed by atoms with Gasteiger partial charge in [-0.25, -0.2) is 0 Å². The molecule has 1 fully saturated rings. The van der Waals surface area contributed by atoms with Crippen LogP contribution in [0.1, 0.15) is 27.2 Å². The van der Waals surface area contributed by atoms with Crippen molar-refractivity contribution >= 4 is 5.91 Å². The van der Waals surface area contributed by atoms with E-state index in [0.717, 1.165) is 13.0 Å². The van der Waals surface area contributed by atoms with Crippen molar-refractivity contribution in [1.82, 2.24) is 5.32 Å². The number of hydrogen-bond acceptors (Lipinski definition) is 2. The molecule has 0 aromatic heterocycles. The van der Waals surface area contributed by atoms with Gasteiger partial charge in [-0.3, -0.25) is 4.79 Å². The van der Waals surface area contributed by atoms with Crippen LogP contribution in [0.3, 0.4) is 0 Å². The molecule has 1 aliphatic rings. The largest absolute Gasteiger partial charge is 0.377 e. The van der Waals surface area contributed by atoms with Crippen LogP contribution in [-0.2, 0) is 9.53 Å². The smallest absolute Gasteiger partial charge is 0.225 e. The Balaban J connectivity index is 2.52. The summed E-state index contributed by atoms with van der Waals surface area (Å²) in [6.07, 6.45) is 0.987. The molecular weight excluding hydrogens is 166 g/mol. The van der Waals surface area contributed by atoms with E-state index >= 15 is 0 Å². The first-order valence-corrected chi connectivity index (χ1v) is 5.06. The number of carbonyl (C=O) groups excluding carboxylic acids is 1. The third-order valence-electron chi connectivity index (χ3n) is 2.48. The summed E-state index contributed by atoms with van der Waals surface area (Å²) in [5.74, 6) is 0.647. The monoisotopic (exact) mass is 185 g/mol. The van der Waals surface area contributed by atoms with Crippen molar-refractivity contribution in [1.29, 1.82) is 0 Å². The van der Waals surface area contributed by atoms with E-state index in [0.29, 0.717) is 12.5 Å². The molecule has 0 saturated carbocycles. The van der Waals surface area contributed by atoms with Gasteiger partial charge in [-0.2, -0.15) is 0 Å². The predicted octanol–water partition coefficient (Wildman–Crippen LogP) is 1.18. The highest BCUT2D eigenvalue weighted by atomic mass is 16.5. The number of ether oxygens (including phenoxy) is 1. The van der Waals surface area contributed by atoms with Crippen LogP contribution in [0.4, 0.5) is 0 Å². The topological polar surface area (TPSA) is 38.3 Å². The van der Waals surface area contributed by atoms with Crippen molar-refractivity contribution in [3.05, 3.63) is 0 Å². The normalized spacial score (nSPS) is 28.0. The van der Waals surface area contributed by atoms with Gasteiger partial charge in [0.25, 0.3) is 0 Å². The van der Waals surface area contributed by atoms with Gasteiger partial charge < -0.3 is 10.1 Å². The van der Waals surface area contributed by atoms with Crippen LogP contribution in [0, 0.1) is 11.8 Å². The fourth-order valence-electron chi connectivity index (χ4n) is 1.85. The van der Waals surface area contributed by atoms with Gasteiger partial charge >= 0.3 is 0 Å². The Morgan fingerprint density at radius 3 is 2.85 bits per heavy atom. The van der Waals surface area contributed by atoms with Crippen molar-refractivity contribution in [3.63, 3.8) is 0 Å². The van der Waals surface area contributed by atoms with Crippen molar-refractivity contribution < 1.29 is 9.53 Å². The third kappa shape index (κ3) is 2.44. The van der Waals surface area contributed by atoms with Gasteiger partial charge in [0.05, 0.1) is 12.0 Å². The summed E-state index contributed by atoms with van der Waals surface area (Å²) in [6.45, 7) is 7.58. The zero-order chi connectivity index (χ0) is 9.84. The van der Waals surface area contributed by atoms with Gasteiger partial charge in [-0.1, -0.05) is 13.8 Å². The first-order valence-electron chi connectivity index (χ1n) is 5.06. The summed E-state index contributed by atoms with van der Waals surface area (Å²) in [5, 5.41) is 2.85.